The highest BCUT2D eigenvalue weighted by Gasteiger charge is 2.11. The molecule has 0 aromatic heterocycles. The Labute approximate surface area is 157 Å². The van der Waals surface area contributed by atoms with Crippen molar-refractivity contribution in [1.29, 1.82) is 5.26 Å². The molecule has 0 radical (unpaired) electrons. The van der Waals surface area contributed by atoms with E-state index in [1.807, 2.05) is 6.92 Å². The molecule has 0 heterocycles. The van der Waals surface area contributed by atoms with Crippen LogP contribution in [0.5, 0.6) is 11.5 Å². The van der Waals surface area contributed by atoms with E-state index >= 15 is 0 Å². The third kappa shape index (κ3) is 4.95. The van der Waals surface area contributed by atoms with Gasteiger partial charge >= 0.3 is 0 Å². The number of Topliss-reactive ketones (excluding diaryl/α,β-unsaturated/α-hetero) is 1. The van der Waals surface area contributed by atoms with E-state index in [1.165, 1.54) is 0 Å². The minimum Gasteiger partial charge on any atom is -0.507 e. The Hall–Kier alpha value is -3.59. The summed E-state index contributed by atoms with van der Waals surface area (Å²) in [7, 11) is 1.55. The second-order valence-corrected chi connectivity index (χ2v) is 5.86. The van der Waals surface area contributed by atoms with Gasteiger partial charge in [0.25, 0.3) is 0 Å². The minimum absolute atomic E-state index is 0.126. The van der Waals surface area contributed by atoms with Crippen LogP contribution in [0.15, 0.2) is 42.5 Å². The van der Waals surface area contributed by atoms with Gasteiger partial charge < -0.3 is 14.6 Å². The molecule has 1 N–H and O–H groups in total. The number of methoxy groups -OCH3 is 1. The van der Waals surface area contributed by atoms with Crippen LogP contribution in [-0.4, -0.2) is 23.8 Å². The number of carbonyl (C=O) groups is 2. The Bertz CT molecular complexity index is 954. The topological polar surface area (TPSA) is 96.6 Å². The van der Waals surface area contributed by atoms with Crippen LogP contribution in [0.3, 0.4) is 0 Å². The van der Waals surface area contributed by atoms with Crippen molar-refractivity contribution >= 4 is 17.3 Å². The van der Waals surface area contributed by atoms with E-state index in [9.17, 15) is 20.0 Å². The fraction of sp³-hybridized carbons (Fsp3) is 0.190. The van der Waals surface area contributed by atoms with E-state index in [1.54, 1.807) is 43.5 Å². The highest BCUT2D eigenvalue weighted by molar-refractivity contribution is 6.41. The van der Waals surface area contributed by atoms with Crippen LogP contribution >= 0.6 is 0 Å². The van der Waals surface area contributed by atoms with Gasteiger partial charge in [0.1, 0.15) is 23.9 Å². The summed E-state index contributed by atoms with van der Waals surface area (Å²) in [6.45, 7) is 3.08. The Morgan fingerprint density at radius 3 is 2.59 bits per heavy atom. The molecule has 2 aromatic rings. The Morgan fingerprint density at radius 1 is 1.22 bits per heavy atom. The number of hydrogen-bond acceptors (Lipinski definition) is 6. The maximum absolute atomic E-state index is 11.4. The molecular formula is C21H19NO5. The maximum Gasteiger partial charge on any atom is 0.224 e. The van der Waals surface area contributed by atoms with Gasteiger partial charge in [-0.25, -0.2) is 0 Å². The summed E-state index contributed by atoms with van der Waals surface area (Å²) in [5.41, 5.74) is 2.31. The van der Waals surface area contributed by atoms with Crippen LogP contribution in [-0.2, 0) is 16.2 Å². The predicted molar refractivity (Wildman–Crippen MR) is 99.5 cm³/mol. The van der Waals surface area contributed by atoms with E-state index in [0.717, 1.165) is 18.6 Å². The normalized spacial score (nSPS) is 10.8. The van der Waals surface area contributed by atoms with Crippen LogP contribution in [0, 0.1) is 18.3 Å². The zero-order valence-corrected chi connectivity index (χ0v) is 15.3. The summed E-state index contributed by atoms with van der Waals surface area (Å²) in [5, 5.41) is 19.4. The van der Waals surface area contributed by atoms with E-state index in [-0.39, 0.29) is 12.4 Å². The van der Waals surface area contributed by atoms with Gasteiger partial charge in [-0.05, 0) is 36.8 Å². The minimum atomic E-state index is -0.788. The van der Waals surface area contributed by atoms with E-state index in [4.69, 9.17) is 9.47 Å². The number of allylic oxidation sites excluding steroid dienone is 1. The molecule has 0 saturated heterocycles. The van der Waals surface area contributed by atoms with Crippen molar-refractivity contribution in [3.05, 3.63) is 64.7 Å². The lowest BCUT2D eigenvalue weighted by atomic mass is 10.0. The Balaban J connectivity index is 2.23. The summed E-state index contributed by atoms with van der Waals surface area (Å²) in [6.07, 6.45) is 0.876. The second-order valence-electron chi connectivity index (χ2n) is 5.86. The first-order valence-corrected chi connectivity index (χ1v) is 8.12. The number of nitrogens with zero attached hydrogens (tertiary/aromatic N) is 1. The van der Waals surface area contributed by atoms with Crippen LogP contribution in [0.1, 0.15) is 29.2 Å². The number of hydrogen-bond donors (Lipinski definition) is 1. The lowest BCUT2D eigenvalue weighted by Gasteiger charge is -2.12. The summed E-state index contributed by atoms with van der Waals surface area (Å²) in [6, 6.07) is 12.1. The molecule has 2 rings (SSSR count). The molecule has 6 nitrogen and oxygen atoms in total. The second kappa shape index (κ2) is 8.68. The van der Waals surface area contributed by atoms with Crippen LogP contribution < -0.4 is 9.47 Å². The first-order valence-electron chi connectivity index (χ1n) is 8.12. The van der Waals surface area contributed by atoms with Gasteiger partial charge in [0.15, 0.2) is 5.78 Å². The zero-order chi connectivity index (χ0) is 20.0. The van der Waals surface area contributed by atoms with E-state index in [0.29, 0.717) is 28.2 Å². The highest BCUT2D eigenvalue weighted by Crippen LogP contribution is 2.24. The molecule has 0 aliphatic heterocycles. The number of rotatable bonds is 7. The Kier molecular flexibility index (Phi) is 6.34. The number of nitriles is 1. The highest BCUT2D eigenvalue weighted by atomic mass is 16.5. The van der Waals surface area contributed by atoms with Gasteiger partial charge in [0, 0.05) is 24.1 Å². The average Bonchev–Trinajstić information content (AvgIpc) is 2.65. The zero-order valence-electron chi connectivity index (χ0n) is 15.3. The number of ketones is 2. The number of aryl methyl sites for hydroxylation is 1. The molecule has 2 aromatic carbocycles. The molecule has 0 aliphatic rings. The quantitative estimate of drug-likeness (QED) is 0.458. The molecule has 6 heteroatoms. The molecule has 0 amide bonds. The lowest BCUT2D eigenvalue weighted by Crippen LogP contribution is -2.06. The average molecular weight is 365 g/mol. The molecule has 0 saturated carbocycles. The molecule has 0 bridgehead atoms. The standard InChI is InChI=1S/C21H19NO5/c1-13-7-18(26-3)9-16(19(13)11-22)12-27-17-6-4-5-15(8-17)21(25)10-20(24)14(2)23/h4-10,25H,12H2,1-3H3/b21-10-. The van der Waals surface area contributed by atoms with Gasteiger partial charge in [-0.1, -0.05) is 12.1 Å². The van der Waals surface area contributed by atoms with Gasteiger partial charge in [0.05, 0.1) is 18.7 Å². The van der Waals surface area contributed by atoms with E-state index < -0.39 is 11.6 Å². The van der Waals surface area contributed by atoms with E-state index in [2.05, 4.69) is 6.07 Å². The SMILES string of the molecule is COc1cc(C)c(C#N)c(COc2cccc(/C(O)=C/C(=O)C(C)=O)c2)c1. The van der Waals surface area contributed by atoms with Crippen LogP contribution in [0.25, 0.3) is 5.76 Å². The molecule has 138 valence electrons. The number of ether oxygens (including phenoxy) is 2. The third-order valence-corrected chi connectivity index (χ3v) is 3.88. The molecule has 27 heavy (non-hydrogen) atoms. The van der Waals surface area contributed by atoms with Crippen molar-refractivity contribution < 1.29 is 24.2 Å². The number of carbonyl (C=O) groups excluding carboxylic acids is 2. The largest absolute Gasteiger partial charge is 0.507 e. The van der Waals surface area contributed by atoms with Gasteiger partial charge in [0.2, 0.25) is 5.78 Å². The first-order chi connectivity index (χ1) is 12.8. The van der Waals surface area contributed by atoms with Crippen molar-refractivity contribution in [3.63, 3.8) is 0 Å². The van der Waals surface area contributed by atoms with Crippen molar-refractivity contribution in [2.75, 3.05) is 7.11 Å². The predicted octanol–water partition coefficient (Wildman–Crippen LogP) is 3.51. The third-order valence-electron chi connectivity index (χ3n) is 3.88. The van der Waals surface area contributed by atoms with Crippen molar-refractivity contribution in [2.24, 2.45) is 0 Å². The Morgan fingerprint density at radius 2 is 1.96 bits per heavy atom. The fourth-order valence-electron chi connectivity index (χ4n) is 2.43. The van der Waals surface area contributed by atoms with Crippen molar-refractivity contribution in [1.82, 2.24) is 0 Å². The van der Waals surface area contributed by atoms with Gasteiger partial charge in [-0.15, -0.1) is 0 Å². The van der Waals surface area contributed by atoms with Gasteiger partial charge in [-0.3, -0.25) is 9.59 Å². The number of benzene rings is 2. The molecule has 0 unspecified atom stereocenters. The number of aliphatic hydroxyl groups is 1. The summed E-state index contributed by atoms with van der Waals surface area (Å²) >= 11 is 0. The maximum atomic E-state index is 11.4. The van der Waals surface area contributed by atoms with Crippen LogP contribution in [0.2, 0.25) is 0 Å². The fourth-order valence-corrected chi connectivity index (χ4v) is 2.43. The molecule has 0 spiro atoms. The van der Waals surface area contributed by atoms with Crippen LogP contribution in [0.4, 0.5) is 0 Å². The summed E-state index contributed by atoms with van der Waals surface area (Å²) in [5.74, 6) is -0.708. The molecular weight excluding hydrogens is 346 g/mol. The lowest BCUT2D eigenvalue weighted by molar-refractivity contribution is -0.132. The number of aliphatic hydroxyl groups excluding tert-OH is 1. The smallest absolute Gasteiger partial charge is 0.224 e. The summed E-state index contributed by atoms with van der Waals surface area (Å²) < 4.78 is 11.0. The van der Waals surface area contributed by atoms with Crippen molar-refractivity contribution in [2.45, 2.75) is 20.5 Å². The van der Waals surface area contributed by atoms with Gasteiger partial charge in [-0.2, -0.15) is 5.26 Å². The molecule has 0 fully saturated rings. The first kappa shape index (κ1) is 19.7. The monoisotopic (exact) mass is 365 g/mol. The summed E-state index contributed by atoms with van der Waals surface area (Å²) in [4.78, 5) is 22.4. The molecule has 0 aliphatic carbocycles. The molecule has 0 atom stereocenters. The van der Waals surface area contributed by atoms with Crippen molar-refractivity contribution in [3.8, 4) is 17.6 Å².